The lowest BCUT2D eigenvalue weighted by atomic mass is 9.96. The molecule has 0 spiro atoms. The van der Waals surface area contributed by atoms with Crippen LogP contribution < -0.4 is 5.32 Å². The lowest BCUT2D eigenvalue weighted by Crippen LogP contribution is -2.43. The molecular weight excluding hydrogens is 400 g/mol. The molecule has 0 aliphatic carbocycles. The Kier molecular flexibility index (Phi) is 6.36. The number of sulfone groups is 1. The Morgan fingerprint density at radius 1 is 1.00 bits per heavy atom. The SMILES string of the molecule is O=C(Nc1ccccc1)C1CCN(C(=O)CS(=O)(=O)c2ccc(Cl)cc2)CC1. The zero-order chi connectivity index (χ0) is 20.1. The van der Waals surface area contributed by atoms with E-state index in [1.54, 1.807) is 0 Å². The van der Waals surface area contributed by atoms with Gasteiger partial charge < -0.3 is 10.2 Å². The van der Waals surface area contributed by atoms with Gasteiger partial charge in [0.1, 0.15) is 5.75 Å². The van der Waals surface area contributed by atoms with Crippen molar-refractivity contribution in [3.8, 4) is 0 Å². The first-order chi connectivity index (χ1) is 13.3. The summed E-state index contributed by atoms with van der Waals surface area (Å²) in [7, 11) is -3.73. The minimum Gasteiger partial charge on any atom is -0.342 e. The number of carbonyl (C=O) groups excluding carboxylic acids is 2. The van der Waals surface area contributed by atoms with E-state index in [9.17, 15) is 18.0 Å². The van der Waals surface area contributed by atoms with E-state index < -0.39 is 21.5 Å². The van der Waals surface area contributed by atoms with Crippen LogP contribution in [0.15, 0.2) is 59.5 Å². The Morgan fingerprint density at radius 2 is 1.61 bits per heavy atom. The number of nitrogens with zero attached hydrogens (tertiary/aromatic N) is 1. The van der Waals surface area contributed by atoms with E-state index in [0.29, 0.717) is 31.0 Å². The predicted octanol–water partition coefficient (Wildman–Crippen LogP) is 2.99. The van der Waals surface area contributed by atoms with Crippen LogP contribution in [-0.4, -0.2) is 44.0 Å². The molecule has 28 heavy (non-hydrogen) atoms. The number of rotatable bonds is 5. The van der Waals surface area contributed by atoms with Gasteiger partial charge in [-0.2, -0.15) is 0 Å². The average molecular weight is 421 g/mol. The van der Waals surface area contributed by atoms with E-state index in [2.05, 4.69) is 5.32 Å². The number of piperidine rings is 1. The van der Waals surface area contributed by atoms with Gasteiger partial charge >= 0.3 is 0 Å². The first-order valence-corrected chi connectivity index (χ1v) is 11.0. The second-order valence-electron chi connectivity index (χ2n) is 6.72. The number of benzene rings is 2. The van der Waals surface area contributed by atoms with Crippen LogP contribution in [0.2, 0.25) is 5.02 Å². The van der Waals surface area contributed by atoms with Gasteiger partial charge in [-0.25, -0.2) is 8.42 Å². The number of likely N-dealkylation sites (tertiary alicyclic amines) is 1. The Balaban J connectivity index is 1.53. The van der Waals surface area contributed by atoms with Crippen molar-refractivity contribution >= 4 is 38.9 Å². The number of anilines is 1. The van der Waals surface area contributed by atoms with Crippen molar-refractivity contribution in [2.45, 2.75) is 17.7 Å². The number of carbonyl (C=O) groups is 2. The first-order valence-electron chi connectivity index (χ1n) is 8.97. The highest BCUT2D eigenvalue weighted by atomic mass is 35.5. The fourth-order valence-corrected chi connectivity index (χ4v) is 4.49. The minimum atomic E-state index is -3.73. The van der Waals surface area contributed by atoms with E-state index >= 15 is 0 Å². The number of hydrogen-bond acceptors (Lipinski definition) is 4. The zero-order valence-electron chi connectivity index (χ0n) is 15.2. The van der Waals surface area contributed by atoms with Gasteiger partial charge in [0.2, 0.25) is 11.8 Å². The molecule has 6 nitrogen and oxygen atoms in total. The van der Waals surface area contributed by atoms with Crippen molar-refractivity contribution in [3.63, 3.8) is 0 Å². The number of para-hydroxylation sites is 1. The molecule has 1 aliphatic rings. The summed E-state index contributed by atoms with van der Waals surface area (Å²) in [6, 6.07) is 15.0. The largest absolute Gasteiger partial charge is 0.342 e. The molecule has 3 rings (SSSR count). The maximum atomic E-state index is 12.4. The average Bonchev–Trinajstić information content (AvgIpc) is 2.69. The molecule has 2 amide bonds. The minimum absolute atomic E-state index is 0.0716. The second kappa shape index (κ2) is 8.75. The van der Waals surface area contributed by atoms with Crippen molar-refractivity contribution in [2.75, 3.05) is 24.2 Å². The van der Waals surface area contributed by atoms with Crippen molar-refractivity contribution in [1.29, 1.82) is 0 Å². The van der Waals surface area contributed by atoms with Crippen LogP contribution in [0.25, 0.3) is 0 Å². The van der Waals surface area contributed by atoms with Crippen LogP contribution in [0.5, 0.6) is 0 Å². The summed E-state index contributed by atoms with van der Waals surface area (Å²) in [6.07, 6.45) is 1.01. The molecule has 2 aromatic carbocycles. The van der Waals surface area contributed by atoms with Crippen LogP contribution in [-0.2, 0) is 19.4 Å². The van der Waals surface area contributed by atoms with E-state index in [0.717, 1.165) is 5.69 Å². The number of hydrogen-bond donors (Lipinski definition) is 1. The first kappa shape index (κ1) is 20.4. The molecule has 0 atom stereocenters. The monoisotopic (exact) mass is 420 g/mol. The van der Waals surface area contributed by atoms with E-state index in [1.807, 2.05) is 30.3 Å². The van der Waals surface area contributed by atoms with Gasteiger partial charge in [0, 0.05) is 29.7 Å². The molecule has 1 fully saturated rings. The van der Waals surface area contributed by atoms with Crippen LogP contribution in [0.4, 0.5) is 5.69 Å². The maximum Gasteiger partial charge on any atom is 0.238 e. The van der Waals surface area contributed by atoms with Gasteiger partial charge in [0.15, 0.2) is 9.84 Å². The van der Waals surface area contributed by atoms with Crippen LogP contribution in [0.1, 0.15) is 12.8 Å². The van der Waals surface area contributed by atoms with Gasteiger partial charge in [-0.1, -0.05) is 29.8 Å². The third kappa shape index (κ3) is 5.11. The highest BCUT2D eigenvalue weighted by Crippen LogP contribution is 2.21. The molecule has 2 aromatic rings. The Morgan fingerprint density at radius 3 is 2.21 bits per heavy atom. The van der Waals surface area contributed by atoms with Crippen molar-refractivity contribution in [2.24, 2.45) is 5.92 Å². The number of nitrogens with one attached hydrogen (secondary N) is 1. The summed E-state index contributed by atoms with van der Waals surface area (Å²) in [5.74, 6) is -1.31. The summed E-state index contributed by atoms with van der Waals surface area (Å²) >= 11 is 5.78. The van der Waals surface area contributed by atoms with Gasteiger partial charge in [-0.3, -0.25) is 9.59 Å². The van der Waals surface area contributed by atoms with Gasteiger partial charge in [0.05, 0.1) is 4.90 Å². The van der Waals surface area contributed by atoms with Crippen LogP contribution in [0, 0.1) is 5.92 Å². The molecule has 0 radical (unpaired) electrons. The predicted molar refractivity (Wildman–Crippen MR) is 108 cm³/mol. The topological polar surface area (TPSA) is 83.6 Å². The van der Waals surface area contributed by atoms with Gasteiger partial charge in [-0.15, -0.1) is 0 Å². The molecule has 1 aliphatic heterocycles. The second-order valence-corrected chi connectivity index (χ2v) is 9.15. The fourth-order valence-electron chi connectivity index (χ4n) is 3.14. The highest BCUT2D eigenvalue weighted by molar-refractivity contribution is 7.92. The standard InChI is InChI=1S/C20H21ClN2O4S/c21-16-6-8-18(9-7-16)28(26,27)14-19(24)23-12-10-15(11-13-23)20(25)22-17-4-2-1-3-5-17/h1-9,15H,10-14H2,(H,22,25). The highest BCUT2D eigenvalue weighted by Gasteiger charge is 2.30. The Bertz CT molecular complexity index is 938. The summed E-state index contributed by atoms with van der Waals surface area (Å²) in [6.45, 7) is 0.726. The molecule has 0 saturated carbocycles. The maximum absolute atomic E-state index is 12.4. The summed E-state index contributed by atoms with van der Waals surface area (Å²) in [4.78, 5) is 26.4. The number of amides is 2. The van der Waals surface area contributed by atoms with Crippen LogP contribution >= 0.6 is 11.6 Å². The third-order valence-corrected chi connectivity index (χ3v) is 6.62. The zero-order valence-corrected chi connectivity index (χ0v) is 16.7. The Labute approximate surface area is 169 Å². The lowest BCUT2D eigenvalue weighted by Gasteiger charge is -2.31. The normalized spacial score (nSPS) is 15.2. The van der Waals surface area contributed by atoms with E-state index in [4.69, 9.17) is 11.6 Å². The van der Waals surface area contributed by atoms with Gasteiger partial charge in [0.25, 0.3) is 0 Å². The van der Waals surface area contributed by atoms with Crippen LogP contribution in [0.3, 0.4) is 0 Å². The summed E-state index contributed by atoms with van der Waals surface area (Å²) in [5.41, 5.74) is 0.736. The molecule has 0 bridgehead atoms. The van der Waals surface area contributed by atoms with Crippen molar-refractivity contribution in [1.82, 2.24) is 4.90 Å². The fraction of sp³-hybridized carbons (Fsp3) is 0.300. The third-order valence-electron chi connectivity index (χ3n) is 4.75. The van der Waals surface area contributed by atoms with Crippen molar-refractivity contribution < 1.29 is 18.0 Å². The molecule has 1 heterocycles. The quantitative estimate of drug-likeness (QED) is 0.805. The molecule has 8 heteroatoms. The lowest BCUT2D eigenvalue weighted by molar-refractivity contribution is -0.132. The molecule has 1 N–H and O–H groups in total. The van der Waals surface area contributed by atoms with Crippen molar-refractivity contribution in [3.05, 3.63) is 59.6 Å². The molecule has 0 aromatic heterocycles. The summed E-state index contributed by atoms with van der Waals surface area (Å²) < 4.78 is 24.8. The van der Waals surface area contributed by atoms with E-state index in [-0.39, 0.29) is 16.7 Å². The molecule has 0 unspecified atom stereocenters. The van der Waals surface area contributed by atoms with E-state index in [1.165, 1.54) is 29.2 Å². The molecule has 148 valence electrons. The molecule has 1 saturated heterocycles. The smallest absolute Gasteiger partial charge is 0.238 e. The number of halogens is 1. The van der Waals surface area contributed by atoms with Gasteiger partial charge in [-0.05, 0) is 49.2 Å². The summed E-state index contributed by atoms with van der Waals surface area (Å²) in [5, 5.41) is 3.30. The molecular formula is C20H21ClN2O4S. The Hall–Kier alpha value is -2.38.